The Bertz CT molecular complexity index is 1350. The van der Waals surface area contributed by atoms with Gasteiger partial charge >= 0.3 is 5.97 Å². The number of hydrogen-bond acceptors (Lipinski definition) is 6. The molecule has 4 heterocycles. The molecule has 1 saturated carbocycles. The summed E-state index contributed by atoms with van der Waals surface area (Å²) in [5, 5.41) is 0.257. The fourth-order valence-electron chi connectivity index (χ4n) is 4.05. The number of carbonyl (C=O) groups is 2. The fourth-order valence-corrected chi connectivity index (χ4v) is 4.05. The Hall–Kier alpha value is -3.33. The lowest BCUT2D eigenvalue weighted by Gasteiger charge is -2.18. The van der Waals surface area contributed by atoms with Crippen LogP contribution in [-0.4, -0.2) is 45.1 Å². The lowest BCUT2D eigenvalue weighted by atomic mass is 10.2. The molecule has 9 nitrogen and oxygen atoms in total. The van der Waals surface area contributed by atoms with Gasteiger partial charge in [0.15, 0.2) is 5.49 Å². The van der Waals surface area contributed by atoms with Crippen molar-refractivity contribution in [1.82, 2.24) is 14.0 Å². The molecule has 0 N–H and O–H groups in total. The summed E-state index contributed by atoms with van der Waals surface area (Å²) in [6.07, 6.45) is 4.85. The third-order valence-corrected chi connectivity index (χ3v) is 5.84. The average molecular weight is 436 g/mol. The van der Waals surface area contributed by atoms with E-state index in [1.54, 1.807) is 35.9 Å². The van der Waals surface area contributed by atoms with Gasteiger partial charge in [0.25, 0.3) is 11.5 Å². The Balaban J connectivity index is 1.86. The maximum atomic E-state index is 13.3. The molecule has 2 fully saturated rings. The standard InChI is InChI=1S/C23H24N4O5/c1-2-31-23(30)17-12-16-19(24-18-7-3-4-10-26(18)22(16)29)27(13-15-6-5-11-32-15)20(17)25-21(28)14-8-9-14/h3-4,7,10,12,14-15H,2,5-6,8-9,11,13H2,1H3. The van der Waals surface area contributed by atoms with Crippen LogP contribution in [0.15, 0.2) is 40.2 Å². The van der Waals surface area contributed by atoms with Gasteiger partial charge in [-0.15, -0.1) is 0 Å². The summed E-state index contributed by atoms with van der Waals surface area (Å²) >= 11 is 0. The number of rotatable bonds is 5. The van der Waals surface area contributed by atoms with E-state index < -0.39 is 5.97 Å². The van der Waals surface area contributed by atoms with Crippen LogP contribution in [0.25, 0.3) is 16.7 Å². The van der Waals surface area contributed by atoms with Crippen molar-refractivity contribution in [3.05, 3.63) is 51.9 Å². The minimum absolute atomic E-state index is 0.0844. The van der Waals surface area contributed by atoms with Gasteiger partial charge in [-0.1, -0.05) is 6.07 Å². The third-order valence-electron chi connectivity index (χ3n) is 5.84. The van der Waals surface area contributed by atoms with Crippen molar-refractivity contribution in [2.45, 2.75) is 45.3 Å². The van der Waals surface area contributed by atoms with E-state index in [0.717, 1.165) is 25.7 Å². The van der Waals surface area contributed by atoms with E-state index in [4.69, 9.17) is 14.5 Å². The molecule has 1 aliphatic carbocycles. The first-order valence-electron chi connectivity index (χ1n) is 11.0. The molecule has 2 aliphatic rings. The van der Waals surface area contributed by atoms with E-state index in [2.05, 4.69) is 4.99 Å². The van der Waals surface area contributed by atoms with E-state index in [9.17, 15) is 14.4 Å². The highest BCUT2D eigenvalue weighted by atomic mass is 16.5. The van der Waals surface area contributed by atoms with Crippen molar-refractivity contribution in [2.24, 2.45) is 10.9 Å². The van der Waals surface area contributed by atoms with Gasteiger partial charge in [0.05, 0.1) is 24.6 Å². The third kappa shape index (κ3) is 3.73. The van der Waals surface area contributed by atoms with Gasteiger partial charge in [-0.25, -0.2) is 9.78 Å². The molecule has 5 rings (SSSR count). The van der Waals surface area contributed by atoms with Crippen LogP contribution >= 0.6 is 0 Å². The summed E-state index contributed by atoms with van der Waals surface area (Å²) in [5.41, 5.74) is 0.788. The number of aromatic nitrogens is 3. The summed E-state index contributed by atoms with van der Waals surface area (Å²) in [4.78, 5) is 47.9. The number of carbonyl (C=O) groups excluding carboxylic acids is 2. The minimum atomic E-state index is -0.629. The SMILES string of the molecule is CCOC(=O)c1cc2c(=O)n3ccccc3nc2n(CC2CCCO2)c1=NC(=O)C1CC1. The minimum Gasteiger partial charge on any atom is -0.462 e. The Morgan fingerprint density at radius 1 is 1.28 bits per heavy atom. The van der Waals surface area contributed by atoms with E-state index >= 15 is 0 Å². The van der Waals surface area contributed by atoms with Gasteiger partial charge in [-0.05, 0) is 50.8 Å². The van der Waals surface area contributed by atoms with E-state index in [0.29, 0.717) is 24.4 Å². The summed E-state index contributed by atoms with van der Waals surface area (Å²) in [7, 11) is 0. The van der Waals surface area contributed by atoms with Crippen molar-refractivity contribution in [1.29, 1.82) is 0 Å². The van der Waals surface area contributed by atoms with Crippen LogP contribution in [0, 0.1) is 5.92 Å². The van der Waals surface area contributed by atoms with Gasteiger partial charge < -0.3 is 14.0 Å². The maximum Gasteiger partial charge on any atom is 0.341 e. The number of fused-ring (bicyclic) bond motifs is 2. The lowest BCUT2D eigenvalue weighted by Crippen LogP contribution is -2.35. The number of amides is 1. The van der Waals surface area contributed by atoms with E-state index in [1.165, 1.54) is 10.5 Å². The highest BCUT2D eigenvalue weighted by Gasteiger charge is 2.30. The molecule has 1 amide bonds. The molecular formula is C23H24N4O5. The molecule has 1 atom stereocenters. The summed E-state index contributed by atoms with van der Waals surface area (Å²) in [5.74, 6) is -1.02. The normalized spacial score (nSPS) is 19.0. The van der Waals surface area contributed by atoms with Crippen molar-refractivity contribution in [3.63, 3.8) is 0 Å². The number of hydrogen-bond donors (Lipinski definition) is 0. The molecule has 9 heteroatoms. The van der Waals surface area contributed by atoms with E-state index in [-0.39, 0.29) is 46.5 Å². The molecule has 0 spiro atoms. The van der Waals surface area contributed by atoms with Crippen LogP contribution in [0.3, 0.4) is 0 Å². The smallest absolute Gasteiger partial charge is 0.341 e. The first-order chi connectivity index (χ1) is 15.6. The van der Waals surface area contributed by atoms with Gasteiger partial charge in [0.2, 0.25) is 0 Å². The monoisotopic (exact) mass is 436 g/mol. The van der Waals surface area contributed by atoms with Gasteiger partial charge in [0.1, 0.15) is 16.9 Å². The van der Waals surface area contributed by atoms with Gasteiger partial charge in [-0.3, -0.25) is 14.0 Å². The highest BCUT2D eigenvalue weighted by Crippen LogP contribution is 2.30. The highest BCUT2D eigenvalue weighted by molar-refractivity contribution is 5.94. The molecular weight excluding hydrogens is 412 g/mol. The fraction of sp³-hybridized carbons (Fsp3) is 0.435. The molecule has 3 aromatic rings. The first kappa shape index (κ1) is 20.6. The molecule has 1 aliphatic heterocycles. The Morgan fingerprint density at radius 3 is 2.84 bits per heavy atom. The summed E-state index contributed by atoms with van der Waals surface area (Å²) < 4.78 is 14.2. The van der Waals surface area contributed by atoms with Crippen LogP contribution in [0.1, 0.15) is 43.0 Å². The molecule has 1 unspecified atom stereocenters. The summed E-state index contributed by atoms with van der Waals surface area (Å²) in [6, 6.07) is 6.73. The van der Waals surface area contributed by atoms with Crippen LogP contribution in [-0.2, 0) is 20.8 Å². The zero-order chi connectivity index (χ0) is 22.2. The van der Waals surface area contributed by atoms with Gasteiger partial charge in [-0.2, -0.15) is 4.99 Å². The topological polar surface area (TPSA) is 104 Å². The van der Waals surface area contributed by atoms with Crippen molar-refractivity contribution >= 4 is 28.6 Å². The predicted octanol–water partition coefficient (Wildman–Crippen LogP) is 1.84. The van der Waals surface area contributed by atoms with Crippen LogP contribution < -0.4 is 11.0 Å². The van der Waals surface area contributed by atoms with Gasteiger partial charge in [0, 0.05) is 18.7 Å². The molecule has 0 bridgehead atoms. The molecule has 0 radical (unpaired) electrons. The van der Waals surface area contributed by atoms with Crippen molar-refractivity contribution < 1.29 is 19.1 Å². The second-order valence-electron chi connectivity index (χ2n) is 8.16. The number of pyridine rings is 2. The quantitative estimate of drug-likeness (QED) is 0.447. The number of esters is 1. The molecule has 1 saturated heterocycles. The number of nitrogens with zero attached hydrogens (tertiary/aromatic N) is 4. The van der Waals surface area contributed by atoms with Crippen LogP contribution in [0.4, 0.5) is 0 Å². The Kier molecular flexibility index (Phi) is 5.34. The Labute approximate surface area is 183 Å². The largest absolute Gasteiger partial charge is 0.462 e. The molecule has 32 heavy (non-hydrogen) atoms. The molecule has 0 aromatic carbocycles. The van der Waals surface area contributed by atoms with Crippen LogP contribution in [0.5, 0.6) is 0 Å². The Morgan fingerprint density at radius 2 is 2.12 bits per heavy atom. The second kappa shape index (κ2) is 8.31. The zero-order valence-electron chi connectivity index (χ0n) is 17.8. The predicted molar refractivity (Wildman–Crippen MR) is 115 cm³/mol. The zero-order valence-corrected chi connectivity index (χ0v) is 17.8. The first-order valence-corrected chi connectivity index (χ1v) is 11.0. The molecule has 166 valence electrons. The van der Waals surface area contributed by atoms with Crippen LogP contribution in [0.2, 0.25) is 0 Å². The van der Waals surface area contributed by atoms with Crippen molar-refractivity contribution in [2.75, 3.05) is 13.2 Å². The van der Waals surface area contributed by atoms with Crippen molar-refractivity contribution in [3.8, 4) is 0 Å². The maximum absolute atomic E-state index is 13.3. The lowest BCUT2D eigenvalue weighted by molar-refractivity contribution is -0.119. The van der Waals surface area contributed by atoms with E-state index in [1.807, 2.05) is 0 Å². The number of ether oxygens (including phenoxy) is 2. The summed E-state index contributed by atoms with van der Waals surface area (Å²) in [6.45, 7) is 2.84. The second-order valence-corrected chi connectivity index (χ2v) is 8.16. The molecule has 3 aromatic heterocycles. The average Bonchev–Trinajstić information content (AvgIpc) is 3.52.